The molecule has 1 amide bonds. The van der Waals surface area contributed by atoms with Crippen LogP contribution in [0.2, 0.25) is 0 Å². The average molecular weight is 491 g/mol. The van der Waals surface area contributed by atoms with Gasteiger partial charge in [-0.2, -0.15) is 0 Å². The number of aliphatic imine (C=N–C) groups is 1. The lowest BCUT2D eigenvalue weighted by atomic mass is 9.92. The quantitative estimate of drug-likeness (QED) is 0.522. The molecule has 0 saturated carbocycles. The summed E-state index contributed by atoms with van der Waals surface area (Å²) in [6.45, 7) is 8.64. The van der Waals surface area contributed by atoms with E-state index in [0.717, 1.165) is 22.0 Å². The summed E-state index contributed by atoms with van der Waals surface area (Å²) in [5.74, 6) is -0.0897. The van der Waals surface area contributed by atoms with Gasteiger partial charge in [-0.1, -0.05) is 49.9 Å². The number of ether oxygens (including phenoxy) is 1. The molecule has 1 aromatic heterocycles. The number of benzene rings is 1. The molecular weight excluding hydrogens is 460 g/mol. The predicted molar refractivity (Wildman–Crippen MR) is 138 cm³/mol. The summed E-state index contributed by atoms with van der Waals surface area (Å²) in [6.07, 6.45) is 3.58. The number of amides is 1. The molecule has 35 heavy (non-hydrogen) atoms. The molecule has 3 heterocycles. The van der Waals surface area contributed by atoms with Crippen molar-refractivity contribution in [2.45, 2.75) is 52.6 Å². The highest BCUT2D eigenvalue weighted by molar-refractivity contribution is 8.16. The summed E-state index contributed by atoms with van der Waals surface area (Å²) < 4.78 is 5.41. The van der Waals surface area contributed by atoms with E-state index in [-0.39, 0.29) is 24.9 Å². The van der Waals surface area contributed by atoms with Crippen LogP contribution in [0.5, 0.6) is 0 Å². The van der Waals surface area contributed by atoms with E-state index in [1.807, 2.05) is 29.4 Å². The number of thioether (sulfide) groups is 1. The summed E-state index contributed by atoms with van der Waals surface area (Å²) in [7, 11) is 0. The standard InChI is InChI=1S/C27H30N4O3S/c1-5-34-26(33)24-18(4)30-27-31(25(24)21-8-6-20(7-9-21)17(2)3)22(16-35-27)14-23(32)29-15-19-10-12-28-13-11-19/h6-13,16-17,25H,5,14-15H2,1-4H3,(H,29,32). The van der Waals surface area contributed by atoms with Gasteiger partial charge < -0.3 is 15.0 Å². The number of hydrogen-bond acceptors (Lipinski definition) is 7. The highest BCUT2D eigenvalue weighted by Gasteiger charge is 2.41. The first-order valence-electron chi connectivity index (χ1n) is 11.8. The van der Waals surface area contributed by atoms with Crippen molar-refractivity contribution in [2.24, 2.45) is 4.99 Å². The van der Waals surface area contributed by atoms with Gasteiger partial charge in [0.25, 0.3) is 0 Å². The molecule has 0 radical (unpaired) electrons. The summed E-state index contributed by atoms with van der Waals surface area (Å²) in [4.78, 5) is 36.6. The Kier molecular flexibility index (Phi) is 7.70. The summed E-state index contributed by atoms with van der Waals surface area (Å²) in [5, 5.41) is 5.67. The molecule has 4 rings (SSSR count). The van der Waals surface area contributed by atoms with Crippen LogP contribution < -0.4 is 5.32 Å². The van der Waals surface area contributed by atoms with Crippen LogP contribution in [0, 0.1) is 0 Å². The molecule has 1 atom stereocenters. The fourth-order valence-electron chi connectivity index (χ4n) is 4.15. The van der Waals surface area contributed by atoms with E-state index in [4.69, 9.17) is 9.73 Å². The van der Waals surface area contributed by atoms with E-state index in [9.17, 15) is 9.59 Å². The zero-order valence-electron chi connectivity index (χ0n) is 20.4. The van der Waals surface area contributed by atoms with Gasteiger partial charge in [-0.15, -0.1) is 0 Å². The third-order valence-corrected chi connectivity index (χ3v) is 6.88. The monoisotopic (exact) mass is 490 g/mol. The Balaban J connectivity index is 1.62. The first-order valence-corrected chi connectivity index (χ1v) is 12.6. The minimum absolute atomic E-state index is 0.104. The molecular formula is C27H30N4O3S. The number of carbonyl (C=O) groups is 2. The number of allylic oxidation sites excluding steroid dienone is 1. The largest absolute Gasteiger partial charge is 0.463 e. The van der Waals surface area contributed by atoms with Crippen molar-refractivity contribution >= 4 is 28.8 Å². The molecule has 1 N–H and O–H groups in total. The minimum Gasteiger partial charge on any atom is -0.463 e. The second-order valence-electron chi connectivity index (χ2n) is 8.74. The molecule has 8 heteroatoms. The van der Waals surface area contributed by atoms with E-state index in [1.54, 1.807) is 19.3 Å². The molecule has 2 aliphatic rings. The number of fused-ring (bicyclic) bond motifs is 1. The molecule has 0 aliphatic carbocycles. The van der Waals surface area contributed by atoms with Crippen LogP contribution in [0.15, 0.2) is 76.2 Å². The van der Waals surface area contributed by atoms with Gasteiger partial charge in [0.15, 0.2) is 5.17 Å². The summed E-state index contributed by atoms with van der Waals surface area (Å²) in [6, 6.07) is 11.6. The Morgan fingerprint density at radius 1 is 1.14 bits per heavy atom. The van der Waals surface area contributed by atoms with Crippen LogP contribution in [0.1, 0.15) is 62.8 Å². The maximum Gasteiger partial charge on any atom is 0.338 e. The fraction of sp³-hybridized carbons (Fsp3) is 0.333. The maximum absolute atomic E-state index is 13.1. The highest BCUT2D eigenvalue weighted by atomic mass is 32.2. The Morgan fingerprint density at radius 3 is 2.51 bits per heavy atom. The molecule has 2 aliphatic heterocycles. The zero-order chi connectivity index (χ0) is 24.9. The van der Waals surface area contributed by atoms with Crippen molar-refractivity contribution in [3.63, 3.8) is 0 Å². The van der Waals surface area contributed by atoms with E-state index in [0.29, 0.717) is 23.7 Å². The van der Waals surface area contributed by atoms with E-state index in [2.05, 4.69) is 48.4 Å². The van der Waals surface area contributed by atoms with Crippen molar-refractivity contribution in [1.29, 1.82) is 0 Å². The molecule has 0 bridgehead atoms. The molecule has 0 spiro atoms. The van der Waals surface area contributed by atoms with Gasteiger partial charge in [0.05, 0.1) is 30.3 Å². The molecule has 1 unspecified atom stereocenters. The lowest BCUT2D eigenvalue weighted by molar-refractivity contribution is -0.139. The van der Waals surface area contributed by atoms with E-state index >= 15 is 0 Å². The first-order chi connectivity index (χ1) is 16.9. The van der Waals surface area contributed by atoms with Gasteiger partial charge in [0.2, 0.25) is 5.91 Å². The van der Waals surface area contributed by atoms with Crippen LogP contribution in [0.4, 0.5) is 0 Å². The number of esters is 1. The van der Waals surface area contributed by atoms with Gasteiger partial charge in [-0.25, -0.2) is 9.79 Å². The second-order valence-corrected chi connectivity index (χ2v) is 9.58. The van der Waals surface area contributed by atoms with Gasteiger partial charge in [0.1, 0.15) is 0 Å². The number of hydrogen-bond donors (Lipinski definition) is 1. The van der Waals surface area contributed by atoms with Crippen LogP contribution >= 0.6 is 11.8 Å². The number of pyridine rings is 1. The number of carbonyl (C=O) groups excluding carboxylic acids is 2. The maximum atomic E-state index is 13.1. The zero-order valence-corrected chi connectivity index (χ0v) is 21.3. The topological polar surface area (TPSA) is 83.9 Å². The Morgan fingerprint density at radius 2 is 1.86 bits per heavy atom. The van der Waals surface area contributed by atoms with Crippen molar-refractivity contribution in [2.75, 3.05) is 6.61 Å². The van der Waals surface area contributed by atoms with Crippen molar-refractivity contribution in [3.8, 4) is 0 Å². The summed E-state index contributed by atoms with van der Waals surface area (Å²) in [5.41, 5.74) is 5.09. The Bertz CT molecular complexity index is 1190. The number of amidine groups is 1. The molecule has 0 saturated heterocycles. The molecule has 0 fully saturated rings. The van der Waals surface area contributed by atoms with E-state index in [1.165, 1.54) is 17.3 Å². The van der Waals surface area contributed by atoms with Gasteiger partial charge in [-0.3, -0.25) is 9.78 Å². The molecule has 7 nitrogen and oxygen atoms in total. The molecule has 182 valence electrons. The lowest BCUT2D eigenvalue weighted by Gasteiger charge is -2.36. The second kappa shape index (κ2) is 10.9. The first kappa shape index (κ1) is 24.7. The molecule has 1 aromatic carbocycles. The SMILES string of the molecule is CCOC(=O)C1=C(C)N=C2SC=C(CC(=O)NCc3ccncc3)N2C1c1ccc(C(C)C)cc1. The van der Waals surface area contributed by atoms with Gasteiger partial charge in [0, 0.05) is 24.6 Å². The van der Waals surface area contributed by atoms with Crippen molar-refractivity contribution in [1.82, 2.24) is 15.2 Å². The number of nitrogens with one attached hydrogen (secondary N) is 1. The van der Waals surface area contributed by atoms with Gasteiger partial charge in [-0.05, 0) is 54.0 Å². The van der Waals surface area contributed by atoms with Crippen LogP contribution in [-0.2, 0) is 20.9 Å². The minimum atomic E-state index is -0.419. The normalized spacial score (nSPS) is 17.2. The predicted octanol–water partition coefficient (Wildman–Crippen LogP) is 5.05. The fourth-order valence-corrected chi connectivity index (χ4v) is 5.11. The Hall–Kier alpha value is -3.39. The number of rotatable bonds is 8. The number of nitrogens with zero attached hydrogens (tertiary/aromatic N) is 3. The van der Waals surface area contributed by atoms with Crippen LogP contribution in [-0.4, -0.2) is 33.5 Å². The highest BCUT2D eigenvalue weighted by Crippen LogP contribution is 2.45. The smallest absolute Gasteiger partial charge is 0.338 e. The Labute approximate surface area is 210 Å². The average Bonchev–Trinajstić information content (AvgIpc) is 3.24. The van der Waals surface area contributed by atoms with Crippen molar-refractivity contribution in [3.05, 3.63) is 87.9 Å². The number of aromatic nitrogens is 1. The van der Waals surface area contributed by atoms with Crippen LogP contribution in [0.25, 0.3) is 0 Å². The van der Waals surface area contributed by atoms with E-state index < -0.39 is 6.04 Å². The lowest BCUT2D eigenvalue weighted by Crippen LogP contribution is -2.38. The molecule has 2 aromatic rings. The summed E-state index contributed by atoms with van der Waals surface area (Å²) >= 11 is 1.47. The van der Waals surface area contributed by atoms with Gasteiger partial charge >= 0.3 is 5.97 Å². The third-order valence-electron chi connectivity index (χ3n) is 6.00. The van der Waals surface area contributed by atoms with Crippen molar-refractivity contribution < 1.29 is 14.3 Å². The van der Waals surface area contributed by atoms with Crippen LogP contribution in [0.3, 0.4) is 0 Å². The third kappa shape index (κ3) is 5.48.